The van der Waals surface area contributed by atoms with Crippen LogP contribution in [0.2, 0.25) is 5.02 Å². The quantitative estimate of drug-likeness (QED) is 0.888. The van der Waals surface area contributed by atoms with Gasteiger partial charge in [0.2, 0.25) is 0 Å². The third kappa shape index (κ3) is 2.61. The molecule has 0 amide bonds. The molecule has 2 aromatic rings. The molecule has 0 radical (unpaired) electrons. The van der Waals surface area contributed by atoms with Crippen LogP contribution in [-0.2, 0) is 13.0 Å². The van der Waals surface area contributed by atoms with E-state index in [1.165, 1.54) is 5.52 Å². The highest BCUT2D eigenvalue weighted by Gasteiger charge is 2.09. The maximum absolute atomic E-state index is 5.99. The number of benzene rings is 1. The highest BCUT2D eigenvalue weighted by atomic mass is 35.5. The smallest absolute Gasteiger partial charge is 0.109 e. The van der Waals surface area contributed by atoms with E-state index in [1.54, 1.807) is 0 Å². The zero-order valence-electron chi connectivity index (χ0n) is 10.1. The summed E-state index contributed by atoms with van der Waals surface area (Å²) in [5.41, 5.74) is 7.71. The van der Waals surface area contributed by atoms with Gasteiger partial charge in [-0.05, 0) is 37.6 Å². The number of fused-ring (bicyclic) bond motifs is 1. The van der Waals surface area contributed by atoms with Crippen molar-refractivity contribution in [2.24, 2.45) is 5.73 Å². The minimum atomic E-state index is 0.704. The molecule has 92 valence electrons. The Labute approximate surface area is 107 Å². The summed E-state index contributed by atoms with van der Waals surface area (Å²) in [6, 6.07) is 5.89. The van der Waals surface area contributed by atoms with Crippen molar-refractivity contribution in [3.8, 4) is 0 Å². The van der Waals surface area contributed by atoms with Gasteiger partial charge in [-0.15, -0.1) is 0 Å². The Hall–Kier alpha value is -1.06. The van der Waals surface area contributed by atoms with Crippen molar-refractivity contribution in [3.63, 3.8) is 0 Å². The molecule has 2 rings (SSSR count). The van der Waals surface area contributed by atoms with Crippen LogP contribution in [0.1, 0.15) is 25.6 Å². The molecule has 1 aromatic carbocycles. The SMILES string of the molecule is CCCn1c(CCCN)nc2cc(Cl)ccc21. The molecule has 0 saturated carbocycles. The molecule has 0 fully saturated rings. The zero-order valence-corrected chi connectivity index (χ0v) is 10.9. The minimum absolute atomic E-state index is 0.704. The van der Waals surface area contributed by atoms with Crippen molar-refractivity contribution in [3.05, 3.63) is 29.0 Å². The summed E-state index contributed by atoms with van der Waals surface area (Å²) in [6.45, 7) is 3.88. The Kier molecular flexibility index (Phi) is 4.02. The first-order chi connectivity index (χ1) is 8.26. The number of hydrogen-bond donors (Lipinski definition) is 1. The average molecular weight is 252 g/mol. The molecule has 0 aliphatic carbocycles. The first-order valence-corrected chi connectivity index (χ1v) is 6.48. The monoisotopic (exact) mass is 251 g/mol. The van der Waals surface area contributed by atoms with Gasteiger partial charge in [0.1, 0.15) is 5.82 Å². The molecule has 0 aliphatic heterocycles. The fourth-order valence-electron chi connectivity index (χ4n) is 2.08. The summed E-state index contributed by atoms with van der Waals surface area (Å²) in [5, 5.41) is 0.740. The van der Waals surface area contributed by atoms with Crippen molar-refractivity contribution in [2.45, 2.75) is 32.7 Å². The fourth-order valence-corrected chi connectivity index (χ4v) is 2.24. The number of halogens is 1. The van der Waals surface area contributed by atoms with Crippen molar-refractivity contribution in [2.75, 3.05) is 6.54 Å². The third-order valence-corrected chi connectivity index (χ3v) is 3.08. The van der Waals surface area contributed by atoms with Crippen LogP contribution in [-0.4, -0.2) is 16.1 Å². The van der Waals surface area contributed by atoms with Crippen LogP contribution in [0.3, 0.4) is 0 Å². The van der Waals surface area contributed by atoms with Crippen LogP contribution in [0.15, 0.2) is 18.2 Å². The zero-order chi connectivity index (χ0) is 12.3. The Morgan fingerprint density at radius 2 is 2.24 bits per heavy atom. The van der Waals surface area contributed by atoms with E-state index >= 15 is 0 Å². The van der Waals surface area contributed by atoms with Crippen molar-refractivity contribution < 1.29 is 0 Å². The van der Waals surface area contributed by atoms with Gasteiger partial charge in [-0.25, -0.2) is 4.98 Å². The predicted octanol–water partition coefficient (Wildman–Crippen LogP) is 2.99. The summed E-state index contributed by atoms with van der Waals surface area (Å²) in [4.78, 5) is 4.65. The molecule has 1 aromatic heterocycles. The molecule has 17 heavy (non-hydrogen) atoms. The van der Waals surface area contributed by atoms with E-state index in [-0.39, 0.29) is 0 Å². The topological polar surface area (TPSA) is 43.8 Å². The molecular formula is C13H18ClN3. The van der Waals surface area contributed by atoms with Crippen LogP contribution < -0.4 is 5.73 Å². The maximum atomic E-state index is 5.99. The van der Waals surface area contributed by atoms with Gasteiger partial charge in [-0.3, -0.25) is 0 Å². The summed E-state index contributed by atoms with van der Waals surface area (Å²) < 4.78 is 2.28. The van der Waals surface area contributed by atoms with Crippen molar-refractivity contribution >= 4 is 22.6 Å². The second kappa shape index (κ2) is 5.52. The van der Waals surface area contributed by atoms with E-state index in [9.17, 15) is 0 Å². The van der Waals surface area contributed by atoms with Gasteiger partial charge in [0, 0.05) is 18.0 Å². The first-order valence-electron chi connectivity index (χ1n) is 6.11. The second-order valence-electron chi connectivity index (χ2n) is 4.20. The van der Waals surface area contributed by atoms with E-state index in [2.05, 4.69) is 16.5 Å². The largest absolute Gasteiger partial charge is 0.330 e. The lowest BCUT2D eigenvalue weighted by Crippen LogP contribution is -2.07. The molecule has 0 unspecified atom stereocenters. The average Bonchev–Trinajstić information content (AvgIpc) is 2.64. The van der Waals surface area contributed by atoms with E-state index in [4.69, 9.17) is 17.3 Å². The van der Waals surface area contributed by atoms with E-state index < -0.39 is 0 Å². The van der Waals surface area contributed by atoms with Gasteiger partial charge in [0.15, 0.2) is 0 Å². The van der Waals surface area contributed by atoms with E-state index in [0.29, 0.717) is 6.54 Å². The number of nitrogens with zero attached hydrogens (tertiary/aromatic N) is 2. The van der Waals surface area contributed by atoms with Crippen LogP contribution in [0, 0.1) is 0 Å². The Balaban J connectivity index is 2.45. The summed E-state index contributed by atoms with van der Waals surface area (Å²) >= 11 is 5.99. The van der Waals surface area contributed by atoms with Gasteiger partial charge in [0.25, 0.3) is 0 Å². The van der Waals surface area contributed by atoms with Crippen molar-refractivity contribution in [1.29, 1.82) is 0 Å². The molecule has 0 atom stereocenters. The number of imidazole rings is 1. The first kappa shape index (κ1) is 12.4. The minimum Gasteiger partial charge on any atom is -0.330 e. The molecule has 4 heteroatoms. The fraction of sp³-hybridized carbons (Fsp3) is 0.462. The molecule has 2 N–H and O–H groups in total. The van der Waals surface area contributed by atoms with E-state index in [1.807, 2.05) is 18.2 Å². The van der Waals surface area contributed by atoms with Crippen LogP contribution in [0.25, 0.3) is 11.0 Å². The predicted molar refractivity (Wildman–Crippen MR) is 72.4 cm³/mol. The number of aromatic nitrogens is 2. The molecular weight excluding hydrogens is 234 g/mol. The molecule has 1 heterocycles. The van der Waals surface area contributed by atoms with Gasteiger partial charge >= 0.3 is 0 Å². The third-order valence-electron chi connectivity index (χ3n) is 2.84. The van der Waals surface area contributed by atoms with Gasteiger partial charge in [-0.2, -0.15) is 0 Å². The summed E-state index contributed by atoms with van der Waals surface area (Å²) in [5.74, 6) is 1.12. The molecule has 0 saturated heterocycles. The van der Waals surface area contributed by atoms with Crippen molar-refractivity contribution in [1.82, 2.24) is 9.55 Å². The summed E-state index contributed by atoms with van der Waals surface area (Å²) in [7, 11) is 0. The van der Waals surface area contributed by atoms with E-state index in [0.717, 1.165) is 42.2 Å². The van der Waals surface area contributed by atoms with Crippen LogP contribution >= 0.6 is 11.6 Å². The lowest BCUT2D eigenvalue weighted by Gasteiger charge is -2.06. The van der Waals surface area contributed by atoms with Crippen LogP contribution in [0.4, 0.5) is 0 Å². The molecule has 0 bridgehead atoms. The highest BCUT2D eigenvalue weighted by molar-refractivity contribution is 6.31. The second-order valence-corrected chi connectivity index (χ2v) is 4.64. The summed E-state index contributed by atoms with van der Waals surface area (Å²) in [6.07, 6.45) is 3.01. The normalized spacial score (nSPS) is 11.2. The Bertz CT molecular complexity index is 505. The number of aryl methyl sites for hydroxylation is 2. The lowest BCUT2D eigenvalue weighted by atomic mass is 10.3. The van der Waals surface area contributed by atoms with Gasteiger partial charge in [0.05, 0.1) is 11.0 Å². The molecule has 0 aliphatic rings. The number of rotatable bonds is 5. The lowest BCUT2D eigenvalue weighted by molar-refractivity contribution is 0.639. The number of hydrogen-bond acceptors (Lipinski definition) is 2. The standard InChI is InChI=1S/C13H18ClN3/c1-2-8-17-12-6-5-10(14)9-11(12)16-13(17)4-3-7-15/h5-6,9H,2-4,7-8,15H2,1H3. The Morgan fingerprint density at radius 3 is 2.94 bits per heavy atom. The van der Waals surface area contributed by atoms with Gasteiger partial charge in [-0.1, -0.05) is 18.5 Å². The van der Waals surface area contributed by atoms with Gasteiger partial charge < -0.3 is 10.3 Å². The highest BCUT2D eigenvalue weighted by Crippen LogP contribution is 2.21. The van der Waals surface area contributed by atoms with Crippen LogP contribution in [0.5, 0.6) is 0 Å². The Morgan fingerprint density at radius 1 is 1.41 bits per heavy atom. The molecule has 3 nitrogen and oxygen atoms in total. The maximum Gasteiger partial charge on any atom is 0.109 e. The number of nitrogens with two attached hydrogens (primary N) is 1. The molecule has 0 spiro atoms.